The highest BCUT2D eigenvalue weighted by atomic mass is 35.5. The van der Waals surface area contributed by atoms with E-state index in [1.807, 2.05) is 12.1 Å². The van der Waals surface area contributed by atoms with Gasteiger partial charge >= 0.3 is 5.97 Å². The second-order valence-corrected chi connectivity index (χ2v) is 6.27. The van der Waals surface area contributed by atoms with Crippen molar-refractivity contribution in [1.29, 1.82) is 5.26 Å². The molecule has 0 aliphatic heterocycles. The number of hydrogen-bond acceptors (Lipinski definition) is 6. The molecule has 0 saturated carbocycles. The van der Waals surface area contributed by atoms with Crippen LogP contribution in [0, 0.1) is 11.3 Å². The molecule has 0 aliphatic rings. The Hall–Kier alpha value is -3.30. The van der Waals surface area contributed by atoms with Crippen LogP contribution in [0.15, 0.2) is 54.9 Å². The van der Waals surface area contributed by atoms with Crippen molar-refractivity contribution in [2.24, 2.45) is 0 Å². The number of fused-ring (bicyclic) bond motifs is 1. The summed E-state index contributed by atoms with van der Waals surface area (Å²) in [6.45, 7) is 0.365. The fourth-order valence-electron chi connectivity index (χ4n) is 2.66. The molecule has 2 aromatic carbocycles. The number of ether oxygens (including phenoxy) is 1. The van der Waals surface area contributed by atoms with E-state index in [-0.39, 0.29) is 0 Å². The molecule has 1 unspecified atom stereocenters. The molecule has 27 heavy (non-hydrogen) atoms. The maximum Gasteiger partial charge on any atom is 0.337 e. The molecule has 3 aromatic rings. The minimum atomic E-state index is -0.516. The number of nitrogens with one attached hydrogen (secondary N) is 2. The van der Waals surface area contributed by atoms with E-state index in [0.29, 0.717) is 22.8 Å². The van der Waals surface area contributed by atoms with Crippen molar-refractivity contribution in [3.05, 3.63) is 65.4 Å². The lowest BCUT2D eigenvalue weighted by Gasteiger charge is -2.16. The highest BCUT2D eigenvalue weighted by molar-refractivity contribution is 6.30. The van der Waals surface area contributed by atoms with Crippen molar-refractivity contribution in [3.8, 4) is 6.07 Å². The predicted octanol–water partition coefficient (Wildman–Crippen LogP) is 4.09. The topological polar surface area (TPSA) is 87.0 Å². The summed E-state index contributed by atoms with van der Waals surface area (Å²) in [5.74, 6) is -0.417. The van der Waals surface area contributed by atoms with E-state index >= 15 is 0 Å². The zero-order chi connectivity index (χ0) is 19.2. The summed E-state index contributed by atoms with van der Waals surface area (Å²) in [4.78, 5) is 16.0. The first-order valence-electron chi connectivity index (χ1n) is 8.22. The van der Waals surface area contributed by atoms with Gasteiger partial charge in [-0.25, -0.2) is 4.79 Å². The van der Waals surface area contributed by atoms with Gasteiger partial charge < -0.3 is 15.4 Å². The van der Waals surface area contributed by atoms with Gasteiger partial charge in [-0.2, -0.15) is 5.26 Å². The Balaban J connectivity index is 1.81. The van der Waals surface area contributed by atoms with Crippen molar-refractivity contribution in [2.45, 2.75) is 6.04 Å². The van der Waals surface area contributed by atoms with Crippen LogP contribution in [0.2, 0.25) is 5.02 Å². The molecule has 0 saturated heterocycles. The number of benzene rings is 2. The Kier molecular flexibility index (Phi) is 5.74. The molecule has 0 radical (unpaired) electrons. The standard InChI is InChI=1S/C20H17ClN4O2/c1-27-20(26)13-5-6-14-10-23-12-19(18(14)7-13)25-17(9-22)11-24-16-4-2-3-15(21)8-16/h2-8,10,12,17,24-25H,11H2,1H3. The van der Waals surface area contributed by atoms with Gasteiger partial charge in [0.2, 0.25) is 0 Å². The van der Waals surface area contributed by atoms with Crippen LogP contribution in [0.1, 0.15) is 10.4 Å². The van der Waals surface area contributed by atoms with Crippen molar-refractivity contribution in [3.63, 3.8) is 0 Å². The minimum absolute atomic E-state index is 0.365. The first-order chi connectivity index (χ1) is 13.1. The summed E-state index contributed by atoms with van der Waals surface area (Å²) in [5, 5.41) is 18.1. The van der Waals surface area contributed by atoms with E-state index in [9.17, 15) is 10.1 Å². The van der Waals surface area contributed by atoms with Crippen molar-refractivity contribution < 1.29 is 9.53 Å². The minimum Gasteiger partial charge on any atom is -0.465 e. The van der Waals surface area contributed by atoms with E-state index in [1.54, 1.807) is 42.7 Å². The Morgan fingerprint density at radius 3 is 2.89 bits per heavy atom. The van der Waals surface area contributed by atoms with E-state index in [0.717, 1.165) is 16.5 Å². The molecule has 0 aliphatic carbocycles. The smallest absolute Gasteiger partial charge is 0.337 e. The Bertz CT molecular complexity index is 1020. The fourth-order valence-corrected chi connectivity index (χ4v) is 2.85. The van der Waals surface area contributed by atoms with Crippen LogP contribution in [-0.2, 0) is 4.74 Å². The number of carbonyl (C=O) groups excluding carboxylic acids is 1. The Morgan fingerprint density at radius 2 is 2.15 bits per heavy atom. The molecule has 1 heterocycles. The van der Waals surface area contributed by atoms with Gasteiger partial charge in [-0.3, -0.25) is 4.98 Å². The first kappa shape index (κ1) is 18.5. The van der Waals surface area contributed by atoms with Gasteiger partial charge in [0.05, 0.1) is 30.6 Å². The predicted molar refractivity (Wildman–Crippen MR) is 106 cm³/mol. The van der Waals surface area contributed by atoms with Crippen molar-refractivity contribution in [2.75, 3.05) is 24.3 Å². The van der Waals surface area contributed by atoms with Crippen LogP contribution in [0.25, 0.3) is 10.8 Å². The van der Waals surface area contributed by atoms with E-state index in [4.69, 9.17) is 16.3 Å². The summed E-state index contributed by atoms with van der Waals surface area (Å²) in [6, 6.07) is 14.2. The molecule has 2 N–H and O–H groups in total. The van der Waals surface area contributed by atoms with Gasteiger partial charge in [0.1, 0.15) is 6.04 Å². The summed E-state index contributed by atoms with van der Waals surface area (Å²) in [7, 11) is 1.34. The average molecular weight is 381 g/mol. The molecule has 6 nitrogen and oxygen atoms in total. The van der Waals surface area contributed by atoms with Crippen LogP contribution < -0.4 is 10.6 Å². The van der Waals surface area contributed by atoms with Gasteiger partial charge in [0.25, 0.3) is 0 Å². The summed E-state index contributed by atoms with van der Waals surface area (Å²) >= 11 is 5.97. The lowest BCUT2D eigenvalue weighted by atomic mass is 10.1. The average Bonchev–Trinajstić information content (AvgIpc) is 2.70. The number of rotatable bonds is 6. The second kappa shape index (κ2) is 8.39. The Labute approximate surface area is 161 Å². The van der Waals surface area contributed by atoms with Gasteiger partial charge in [-0.1, -0.05) is 23.7 Å². The zero-order valence-corrected chi connectivity index (χ0v) is 15.3. The van der Waals surface area contributed by atoms with Gasteiger partial charge in [0, 0.05) is 34.2 Å². The van der Waals surface area contributed by atoms with Gasteiger partial charge in [-0.05, 0) is 30.3 Å². The van der Waals surface area contributed by atoms with Crippen molar-refractivity contribution >= 4 is 39.7 Å². The third-order valence-electron chi connectivity index (χ3n) is 4.00. The summed E-state index contributed by atoms with van der Waals surface area (Å²) in [6.07, 6.45) is 3.33. The normalized spacial score (nSPS) is 11.4. The van der Waals surface area contributed by atoms with Crippen LogP contribution in [-0.4, -0.2) is 30.6 Å². The monoisotopic (exact) mass is 380 g/mol. The first-order valence-corrected chi connectivity index (χ1v) is 8.60. The molecule has 136 valence electrons. The quantitative estimate of drug-likeness (QED) is 0.626. The van der Waals surface area contributed by atoms with E-state index < -0.39 is 12.0 Å². The molecule has 1 aromatic heterocycles. The lowest BCUT2D eigenvalue weighted by molar-refractivity contribution is 0.0601. The number of nitriles is 1. The second-order valence-electron chi connectivity index (χ2n) is 5.83. The lowest BCUT2D eigenvalue weighted by Crippen LogP contribution is -2.26. The third kappa shape index (κ3) is 4.46. The number of aromatic nitrogens is 1. The molecule has 0 bridgehead atoms. The number of hydrogen-bond donors (Lipinski definition) is 2. The number of methoxy groups -OCH3 is 1. The number of nitrogens with zero attached hydrogens (tertiary/aromatic N) is 2. The number of esters is 1. The molecular formula is C20H17ClN4O2. The highest BCUT2D eigenvalue weighted by Crippen LogP contribution is 2.24. The van der Waals surface area contributed by atoms with Crippen LogP contribution in [0.5, 0.6) is 0 Å². The van der Waals surface area contributed by atoms with Gasteiger partial charge in [0.15, 0.2) is 0 Å². The molecule has 1 atom stereocenters. The zero-order valence-electron chi connectivity index (χ0n) is 14.6. The molecule has 0 amide bonds. The highest BCUT2D eigenvalue weighted by Gasteiger charge is 2.12. The largest absolute Gasteiger partial charge is 0.465 e. The maximum absolute atomic E-state index is 11.8. The fraction of sp³-hybridized carbons (Fsp3) is 0.150. The molecule has 7 heteroatoms. The number of anilines is 2. The van der Waals surface area contributed by atoms with Crippen LogP contribution in [0.4, 0.5) is 11.4 Å². The molecular weight excluding hydrogens is 364 g/mol. The van der Waals surface area contributed by atoms with Crippen molar-refractivity contribution in [1.82, 2.24) is 4.98 Å². The number of carbonyl (C=O) groups is 1. The number of pyridine rings is 1. The van der Waals surface area contributed by atoms with Gasteiger partial charge in [-0.15, -0.1) is 0 Å². The third-order valence-corrected chi connectivity index (χ3v) is 4.24. The van der Waals surface area contributed by atoms with Crippen LogP contribution in [0.3, 0.4) is 0 Å². The summed E-state index contributed by atoms with van der Waals surface area (Å²) < 4.78 is 4.78. The molecule has 0 spiro atoms. The maximum atomic E-state index is 11.8. The van der Waals surface area contributed by atoms with Crippen LogP contribution >= 0.6 is 11.6 Å². The molecule has 0 fully saturated rings. The SMILES string of the molecule is COC(=O)c1ccc2cncc(NC(C#N)CNc3cccc(Cl)c3)c2c1. The van der Waals surface area contributed by atoms with E-state index in [1.165, 1.54) is 7.11 Å². The van der Waals surface area contributed by atoms with E-state index in [2.05, 4.69) is 21.7 Å². The summed E-state index contributed by atoms with van der Waals surface area (Å²) in [5.41, 5.74) is 1.93. The Morgan fingerprint density at radius 1 is 1.30 bits per heavy atom. The number of halogens is 1. The molecule has 3 rings (SSSR count).